The number of esters is 1. The molecule has 0 aromatic heterocycles. The second-order valence-electron chi connectivity index (χ2n) is 11.6. The van der Waals surface area contributed by atoms with Gasteiger partial charge in [-0.25, -0.2) is 0 Å². The van der Waals surface area contributed by atoms with E-state index >= 15 is 0 Å². The van der Waals surface area contributed by atoms with Crippen LogP contribution >= 0.6 is 0 Å². The molecular formula is C29H42O4. The molecular weight excluding hydrogens is 412 g/mol. The summed E-state index contributed by atoms with van der Waals surface area (Å²) in [5.41, 5.74) is -0.330. The van der Waals surface area contributed by atoms with Gasteiger partial charge in [-0.2, -0.15) is 0 Å². The van der Waals surface area contributed by atoms with Crippen LogP contribution in [0.1, 0.15) is 93.2 Å². The topological polar surface area (TPSA) is 44.8 Å². The highest BCUT2D eigenvalue weighted by atomic mass is 16.6. The first kappa shape index (κ1) is 26.8. The number of hydrogen-bond acceptors (Lipinski definition) is 4. The quantitative estimate of drug-likeness (QED) is 0.407. The molecule has 0 N–H and O–H groups in total. The second-order valence-corrected chi connectivity index (χ2v) is 11.6. The minimum Gasteiger partial charge on any atom is -0.488 e. The fraction of sp³-hybridized carbons (Fsp3) is 0.552. The average molecular weight is 455 g/mol. The minimum absolute atomic E-state index is 0.245. The first-order valence-corrected chi connectivity index (χ1v) is 11.9. The van der Waals surface area contributed by atoms with E-state index < -0.39 is 11.0 Å². The number of carbonyl (C=O) groups is 1. The SMILES string of the molecule is CCCC(C(=O)OC(C)(C)C)(c1ccc(OC(C)(C)C)cc1)c1ccc(OC(C)(C)C)cc1. The molecule has 182 valence electrons. The molecule has 0 atom stereocenters. The van der Waals surface area contributed by atoms with Crippen molar-refractivity contribution in [1.82, 2.24) is 0 Å². The molecule has 0 amide bonds. The monoisotopic (exact) mass is 454 g/mol. The van der Waals surface area contributed by atoms with E-state index in [1.807, 2.05) is 111 Å². The van der Waals surface area contributed by atoms with Crippen molar-refractivity contribution in [3.05, 3.63) is 59.7 Å². The van der Waals surface area contributed by atoms with Gasteiger partial charge in [-0.05, 0) is 104 Å². The van der Waals surface area contributed by atoms with E-state index in [9.17, 15) is 4.79 Å². The molecule has 0 spiro atoms. The Balaban J connectivity index is 2.60. The van der Waals surface area contributed by atoms with Gasteiger partial charge in [0.05, 0.1) is 0 Å². The van der Waals surface area contributed by atoms with Gasteiger partial charge in [-0.1, -0.05) is 37.6 Å². The van der Waals surface area contributed by atoms with Crippen molar-refractivity contribution in [1.29, 1.82) is 0 Å². The molecule has 4 heteroatoms. The van der Waals surface area contributed by atoms with Gasteiger partial charge in [-0.3, -0.25) is 4.79 Å². The maximum atomic E-state index is 13.8. The summed E-state index contributed by atoms with van der Waals surface area (Å²) in [6.07, 6.45) is 1.45. The fourth-order valence-electron chi connectivity index (χ4n) is 3.86. The Bertz CT molecular complexity index is 845. The molecule has 33 heavy (non-hydrogen) atoms. The van der Waals surface area contributed by atoms with Crippen LogP contribution in [0.5, 0.6) is 11.5 Å². The Hall–Kier alpha value is -2.49. The summed E-state index contributed by atoms with van der Waals surface area (Å²) in [5.74, 6) is 1.30. The van der Waals surface area contributed by atoms with Crippen LogP contribution < -0.4 is 9.47 Å². The lowest BCUT2D eigenvalue weighted by molar-refractivity contribution is -0.160. The smallest absolute Gasteiger partial charge is 0.321 e. The van der Waals surface area contributed by atoms with Gasteiger partial charge in [-0.15, -0.1) is 0 Å². The number of carbonyl (C=O) groups excluding carboxylic acids is 1. The van der Waals surface area contributed by atoms with E-state index in [0.29, 0.717) is 6.42 Å². The highest BCUT2D eigenvalue weighted by molar-refractivity contribution is 5.88. The van der Waals surface area contributed by atoms with Crippen molar-refractivity contribution in [2.24, 2.45) is 0 Å². The minimum atomic E-state index is -0.928. The average Bonchev–Trinajstić information content (AvgIpc) is 2.63. The number of benzene rings is 2. The van der Waals surface area contributed by atoms with Crippen molar-refractivity contribution < 1.29 is 19.0 Å². The van der Waals surface area contributed by atoms with Crippen molar-refractivity contribution >= 4 is 5.97 Å². The van der Waals surface area contributed by atoms with Gasteiger partial charge >= 0.3 is 5.97 Å². The van der Waals surface area contributed by atoms with E-state index in [0.717, 1.165) is 29.0 Å². The molecule has 4 nitrogen and oxygen atoms in total. The molecule has 0 fully saturated rings. The van der Waals surface area contributed by atoms with Crippen LogP contribution in [0.2, 0.25) is 0 Å². The van der Waals surface area contributed by atoms with Crippen molar-refractivity contribution in [3.8, 4) is 11.5 Å². The van der Waals surface area contributed by atoms with E-state index in [1.165, 1.54) is 0 Å². The Morgan fingerprint density at radius 3 is 1.27 bits per heavy atom. The second kappa shape index (κ2) is 9.79. The molecule has 0 heterocycles. The summed E-state index contributed by atoms with van der Waals surface area (Å²) in [4.78, 5) is 13.8. The van der Waals surface area contributed by atoms with Crippen LogP contribution in [0.3, 0.4) is 0 Å². The summed E-state index contributed by atoms with van der Waals surface area (Å²) < 4.78 is 18.0. The van der Waals surface area contributed by atoms with Gasteiger partial charge in [0, 0.05) is 0 Å². The molecule has 0 radical (unpaired) electrons. The zero-order chi connectivity index (χ0) is 25.1. The standard InChI is InChI=1S/C29H42O4/c1-11-20-29(25(30)33-28(8,9)10,21-12-16-23(17-13-21)31-26(2,3)4)22-14-18-24(19-15-22)32-27(5,6)7/h12-19H,11,20H2,1-10H3. The molecule has 0 aliphatic rings. The molecule has 0 unspecified atom stereocenters. The molecule has 0 saturated heterocycles. The fourth-order valence-corrected chi connectivity index (χ4v) is 3.86. The molecule has 0 aliphatic carbocycles. The van der Waals surface area contributed by atoms with Gasteiger partial charge < -0.3 is 14.2 Å². The van der Waals surface area contributed by atoms with E-state index in [2.05, 4.69) is 6.92 Å². The first-order valence-electron chi connectivity index (χ1n) is 11.9. The molecule has 0 bridgehead atoms. The number of hydrogen-bond donors (Lipinski definition) is 0. The zero-order valence-electron chi connectivity index (χ0n) is 22.2. The summed E-state index contributed by atoms with van der Waals surface area (Å²) in [7, 11) is 0. The largest absolute Gasteiger partial charge is 0.488 e. The molecule has 2 rings (SSSR count). The lowest BCUT2D eigenvalue weighted by Gasteiger charge is -2.36. The summed E-state index contributed by atoms with van der Waals surface area (Å²) in [6, 6.07) is 15.7. The third-order valence-electron chi connectivity index (χ3n) is 4.91. The van der Waals surface area contributed by atoms with Gasteiger partial charge in [0.15, 0.2) is 0 Å². The molecule has 2 aromatic rings. The third-order valence-corrected chi connectivity index (χ3v) is 4.91. The summed E-state index contributed by atoms with van der Waals surface area (Å²) in [6.45, 7) is 19.9. The normalized spacial score (nSPS) is 12.9. The molecule has 0 aliphatic heterocycles. The number of rotatable bonds is 7. The molecule has 0 saturated carbocycles. The van der Waals surface area contributed by atoms with Crippen molar-refractivity contribution in [2.75, 3.05) is 0 Å². The zero-order valence-corrected chi connectivity index (χ0v) is 22.2. The Kier molecular flexibility index (Phi) is 7.94. The Morgan fingerprint density at radius 1 is 0.636 bits per heavy atom. The molecule has 2 aromatic carbocycles. The Labute approximate surface area is 200 Å². The third kappa shape index (κ3) is 7.52. The predicted octanol–water partition coefficient (Wildman–Crippen LogP) is 7.47. The number of ether oxygens (including phenoxy) is 3. The van der Waals surface area contributed by atoms with Crippen LogP contribution in [0.15, 0.2) is 48.5 Å². The van der Waals surface area contributed by atoms with E-state index in [1.54, 1.807) is 0 Å². The summed E-state index contributed by atoms with van der Waals surface area (Å²) in [5, 5.41) is 0. The van der Waals surface area contributed by atoms with Gasteiger partial charge in [0.2, 0.25) is 0 Å². The van der Waals surface area contributed by atoms with Crippen LogP contribution in [0.4, 0.5) is 0 Å². The Morgan fingerprint density at radius 2 is 1.00 bits per heavy atom. The van der Waals surface area contributed by atoms with E-state index in [-0.39, 0.29) is 17.2 Å². The van der Waals surface area contributed by atoms with Gasteiger partial charge in [0.25, 0.3) is 0 Å². The lowest BCUT2D eigenvalue weighted by Crippen LogP contribution is -2.42. The maximum absolute atomic E-state index is 13.8. The van der Waals surface area contributed by atoms with Crippen LogP contribution in [-0.2, 0) is 14.9 Å². The highest BCUT2D eigenvalue weighted by Crippen LogP contribution is 2.41. The van der Waals surface area contributed by atoms with Crippen molar-refractivity contribution in [2.45, 2.75) is 104 Å². The van der Waals surface area contributed by atoms with Crippen molar-refractivity contribution in [3.63, 3.8) is 0 Å². The van der Waals surface area contributed by atoms with E-state index in [4.69, 9.17) is 14.2 Å². The first-order chi connectivity index (χ1) is 15.1. The van der Waals surface area contributed by atoms with Gasteiger partial charge in [0.1, 0.15) is 33.7 Å². The van der Waals surface area contributed by atoms with Crippen LogP contribution in [0, 0.1) is 0 Å². The highest BCUT2D eigenvalue weighted by Gasteiger charge is 2.44. The predicted molar refractivity (Wildman–Crippen MR) is 135 cm³/mol. The maximum Gasteiger partial charge on any atom is 0.321 e. The lowest BCUT2D eigenvalue weighted by atomic mass is 9.71. The summed E-state index contributed by atoms with van der Waals surface area (Å²) >= 11 is 0. The van der Waals surface area contributed by atoms with Crippen LogP contribution in [-0.4, -0.2) is 22.8 Å². The van der Waals surface area contributed by atoms with Crippen LogP contribution in [0.25, 0.3) is 0 Å².